The lowest BCUT2D eigenvalue weighted by Crippen LogP contribution is -2.29. The van der Waals surface area contributed by atoms with Gasteiger partial charge in [-0.2, -0.15) is 0 Å². The highest BCUT2D eigenvalue weighted by atomic mass is 35.5. The number of hydrogen-bond acceptors (Lipinski definition) is 6. The van der Waals surface area contributed by atoms with E-state index in [0.717, 1.165) is 35.0 Å². The van der Waals surface area contributed by atoms with Gasteiger partial charge < -0.3 is 10.2 Å². The summed E-state index contributed by atoms with van der Waals surface area (Å²) in [5.74, 6) is 0.494. The second-order valence-corrected chi connectivity index (χ2v) is 8.03. The predicted molar refractivity (Wildman–Crippen MR) is 103 cm³/mol. The monoisotopic (exact) mass is 384 g/mol. The Bertz CT molecular complexity index is 692. The van der Waals surface area contributed by atoms with Crippen LogP contribution in [0.1, 0.15) is 25.3 Å². The van der Waals surface area contributed by atoms with Gasteiger partial charge in [0.2, 0.25) is 11.0 Å². The molecule has 0 aliphatic rings. The minimum atomic E-state index is 0.114. The van der Waals surface area contributed by atoms with Crippen molar-refractivity contribution in [1.82, 2.24) is 15.1 Å². The van der Waals surface area contributed by atoms with Gasteiger partial charge in [0, 0.05) is 24.3 Å². The number of anilines is 2. The van der Waals surface area contributed by atoms with Gasteiger partial charge in [0.05, 0.1) is 5.75 Å². The van der Waals surface area contributed by atoms with Crippen LogP contribution in [0.3, 0.4) is 0 Å². The fourth-order valence-corrected chi connectivity index (χ4v) is 3.76. The molecule has 2 aromatic rings. The van der Waals surface area contributed by atoms with E-state index < -0.39 is 0 Å². The van der Waals surface area contributed by atoms with Crippen LogP contribution in [0.5, 0.6) is 0 Å². The topological polar surface area (TPSA) is 58.1 Å². The van der Waals surface area contributed by atoms with E-state index in [1.165, 1.54) is 23.1 Å². The molecule has 5 nitrogen and oxygen atoms in total. The molecule has 0 saturated heterocycles. The number of rotatable bonds is 8. The third kappa shape index (κ3) is 5.65. The van der Waals surface area contributed by atoms with Crippen molar-refractivity contribution in [3.8, 4) is 0 Å². The number of aromatic nitrogens is 2. The maximum absolute atomic E-state index is 12.0. The van der Waals surface area contributed by atoms with Crippen LogP contribution >= 0.6 is 34.7 Å². The zero-order valence-corrected chi connectivity index (χ0v) is 16.4. The third-order valence-corrected chi connectivity index (χ3v) is 5.79. The number of amides is 1. The van der Waals surface area contributed by atoms with E-state index in [0.29, 0.717) is 15.9 Å². The van der Waals surface area contributed by atoms with E-state index in [-0.39, 0.29) is 5.91 Å². The largest absolute Gasteiger partial charge is 0.345 e. The van der Waals surface area contributed by atoms with E-state index in [4.69, 9.17) is 11.6 Å². The summed E-state index contributed by atoms with van der Waals surface area (Å²) in [5, 5.41) is 12.8. The van der Waals surface area contributed by atoms with E-state index in [1.54, 1.807) is 4.90 Å². The quantitative estimate of drug-likeness (QED) is 0.674. The number of benzene rings is 1. The maximum atomic E-state index is 12.0. The number of hydrogen-bond donors (Lipinski definition) is 1. The molecule has 0 atom stereocenters. The van der Waals surface area contributed by atoms with Crippen LogP contribution in [0, 0.1) is 6.92 Å². The lowest BCUT2D eigenvalue weighted by molar-refractivity contribution is -0.127. The molecule has 2 rings (SSSR count). The minimum absolute atomic E-state index is 0.114. The molecule has 0 unspecified atom stereocenters. The third-order valence-electron chi connectivity index (χ3n) is 3.42. The number of aryl methyl sites for hydroxylation is 1. The molecule has 0 bridgehead atoms. The number of unbranched alkanes of at least 4 members (excludes halogenated alkanes) is 1. The van der Waals surface area contributed by atoms with Gasteiger partial charge in [0.15, 0.2) is 4.34 Å². The van der Waals surface area contributed by atoms with Gasteiger partial charge in [-0.3, -0.25) is 4.79 Å². The number of nitrogens with zero attached hydrogens (tertiary/aromatic N) is 3. The highest BCUT2D eigenvalue weighted by molar-refractivity contribution is 8.01. The molecule has 1 heterocycles. The Morgan fingerprint density at radius 2 is 2.21 bits per heavy atom. The summed E-state index contributed by atoms with van der Waals surface area (Å²) in [4.78, 5) is 13.8. The standard InChI is InChI=1S/C16H21ClN4OS2/c1-4-5-8-21(3)14(22)10-23-16-20-19-15(24-16)18-12-7-6-11(2)13(17)9-12/h6-7,9H,4-5,8,10H2,1-3H3,(H,18,19). The number of carbonyl (C=O) groups is 1. The van der Waals surface area contributed by atoms with Crippen molar-refractivity contribution in [3.63, 3.8) is 0 Å². The first kappa shape index (κ1) is 19.0. The van der Waals surface area contributed by atoms with Crippen molar-refractivity contribution in [2.45, 2.75) is 31.0 Å². The Balaban J connectivity index is 1.86. The highest BCUT2D eigenvalue weighted by Gasteiger charge is 2.12. The number of carbonyl (C=O) groups excluding carboxylic acids is 1. The molecule has 1 amide bonds. The second-order valence-electron chi connectivity index (χ2n) is 5.42. The van der Waals surface area contributed by atoms with Gasteiger partial charge >= 0.3 is 0 Å². The van der Waals surface area contributed by atoms with Crippen molar-refractivity contribution in [2.75, 3.05) is 24.7 Å². The molecule has 0 spiro atoms. The Morgan fingerprint density at radius 1 is 1.42 bits per heavy atom. The van der Waals surface area contributed by atoms with Crippen LogP contribution in [0.25, 0.3) is 0 Å². The Morgan fingerprint density at radius 3 is 2.92 bits per heavy atom. The van der Waals surface area contributed by atoms with Crippen LogP contribution in [-0.2, 0) is 4.79 Å². The molecule has 1 aromatic heterocycles. The molecule has 24 heavy (non-hydrogen) atoms. The molecular weight excluding hydrogens is 364 g/mol. The molecule has 0 aliphatic heterocycles. The van der Waals surface area contributed by atoms with Crippen LogP contribution in [0.2, 0.25) is 5.02 Å². The smallest absolute Gasteiger partial charge is 0.232 e. The van der Waals surface area contributed by atoms with Crippen LogP contribution < -0.4 is 5.32 Å². The summed E-state index contributed by atoms with van der Waals surface area (Å²) in [6, 6.07) is 5.76. The predicted octanol–water partition coefficient (Wildman–Crippen LogP) is 4.59. The fourth-order valence-electron chi connectivity index (χ4n) is 1.87. The van der Waals surface area contributed by atoms with Gasteiger partial charge in [-0.1, -0.05) is 54.1 Å². The molecule has 0 saturated carbocycles. The average Bonchev–Trinajstić information content (AvgIpc) is 3.01. The number of thioether (sulfide) groups is 1. The first-order chi connectivity index (χ1) is 11.5. The summed E-state index contributed by atoms with van der Waals surface area (Å²) in [7, 11) is 1.84. The molecular formula is C16H21ClN4OS2. The molecule has 0 fully saturated rings. The highest BCUT2D eigenvalue weighted by Crippen LogP contribution is 2.29. The van der Waals surface area contributed by atoms with Crippen molar-refractivity contribution in [3.05, 3.63) is 28.8 Å². The van der Waals surface area contributed by atoms with Crippen molar-refractivity contribution in [2.24, 2.45) is 0 Å². The van der Waals surface area contributed by atoms with Crippen molar-refractivity contribution in [1.29, 1.82) is 0 Å². The Hall–Kier alpha value is -1.31. The van der Waals surface area contributed by atoms with Crippen molar-refractivity contribution < 1.29 is 4.79 Å². The minimum Gasteiger partial charge on any atom is -0.345 e. The van der Waals surface area contributed by atoms with Crippen LogP contribution in [-0.4, -0.2) is 40.3 Å². The SMILES string of the molecule is CCCCN(C)C(=O)CSc1nnc(Nc2ccc(C)c(Cl)c2)s1. The zero-order valence-electron chi connectivity index (χ0n) is 14.0. The fraction of sp³-hybridized carbons (Fsp3) is 0.438. The molecule has 1 N–H and O–H groups in total. The van der Waals surface area contributed by atoms with Gasteiger partial charge in [-0.25, -0.2) is 0 Å². The van der Waals surface area contributed by atoms with E-state index in [2.05, 4.69) is 22.4 Å². The van der Waals surface area contributed by atoms with Gasteiger partial charge in [0.25, 0.3) is 0 Å². The molecule has 0 radical (unpaired) electrons. The van der Waals surface area contributed by atoms with E-state index in [1.807, 2.05) is 32.2 Å². The normalized spacial score (nSPS) is 10.7. The summed E-state index contributed by atoms with van der Waals surface area (Å²) in [6.45, 7) is 4.87. The van der Waals surface area contributed by atoms with E-state index >= 15 is 0 Å². The zero-order chi connectivity index (χ0) is 17.5. The molecule has 0 aliphatic carbocycles. The summed E-state index contributed by atoms with van der Waals surface area (Å²) >= 11 is 8.96. The van der Waals surface area contributed by atoms with Gasteiger partial charge in [-0.05, 0) is 31.0 Å². The number of halogens is 1. The number of nitrogens with one attached hydrogen (secondary N) is 1. The van der Waals surface area contributed by atoms with Gasteiger partial charge in [-0.15, -0.1) is 10.2 Å². The lowest BCUT2D eigenvalue weighted by Gasteiger charge is -2.15. The summed E-state index contributed by atoms with van der Waals surface area (Å²) < 4.78 is 0.771. The van der Waals surface area contributed by atoms with Gasteiger partial charge in [0.1, 0.15) is 0 Å². The molecule has 130 valence electrons. The molecule has 1 aromatic carbocycles. The molecule has 8 heteroatoms. The second kappa shape index (κ2) is 9.25. The first-order valence-electron chi connectivity index (χ1n) is 7.73. The summed E-state index contributed by atoms with van der Waals surface area (Å²) in [5.41, 5.74) is 1.90. The summed E-state index contributed by atoms with van der Waals surface area (Å²) in [6.07, 6.45) is 2.11. The Labute approximate surface area is 155 Å². The van der Waals surface area contributed by atoms with Crippen LogP contribution in [0.15, 0.2) is 22.5 Å². The maximum Gasteiger partial charge on any atom is 0.232 e. The average molecular weight is 385 g/mol. The lowest BCUT2D eigenvalue weighted by atomic mass is 10.2. The Kier molecular flexibility index (Phi) is 7.33. The van der Waals surface area contributed by atoms with Crippen LogP contribution in [0.4, 0.5) is 10.8 Å². The van der Waals surface area contributed by atoms with E-state index in [9.17, 15) is 4.79 Å². The first-order valence-corrected chi connectivity index (χ1v) is 9.91. The van der Waals surface area contributed by atoms with Crippen molar-refractivity contribution >= 4 is 51.4 Å².